The SMILES string of the molecule is CC(=O)Nc1ccc(Oc2c(Cl)cc(NCC(O)CCl)cc2Cl)cc1. The van der Waals surface area contributed by atoms with E-state index in [-0.39, 0.29) is 18.3 Å². The summed E-state index contributed by atoms with van der Waals surface area (Å²) in [4.78, 5) is 11.0. The molecule has 2 aromatic carbocycles. The van der Waals surface area contributed by atoms with Crippen LogP contribution in [0.3, 0.4) is 0 Å². The molecule has 0 radical (unpaired) electrons. The Balaban J connectivity index is 2.10. The van der Waals surface area contributed by atoms with Crippen molar-refractivity contribution in [2.75, 3.05) is 23.1 Å². The molecule has 1 unspecified atom stereocenters. The molecular formula is C17H17Cl3N2O3. The fourth-order valence-electron chi connectivity index (χ4n) is 1.98. The molecule has 0 bridgehead atoms. The van der Waals surface area contributed by atoms with Gasteiger partial charge in [0, 0.05) is 24.8 Å². The van der Waals surface area contributed by atoms with E-state index in [1.807, 2.05) is 0 Å². The lowest BCUT2D eigenvalue weighted by Gasteiger charge is -2.14. The Bertz CT molecular complexity index is 715. The average Bonchev–Trinajstić information content (AvgIpc) is 2.57. The van der Waals surface area contributed by atoms with Gasteiger partial charge < -0.3 is 20.5 Å². The Morgan fingerprint density at radius 3 is 2.28 bits per heavy atom. The van der Waals surface area contributed by atoms with Crippen LogP contribution in [-0.2, 0) is 4.79 Å². The highest BCUT2D eigenvalue weighted by atomic mass is 35.5. The van der Waals surface area contributed by atoms with Gasteiger partial charge >= 0.3 is 0 Å². The van der Waals surface area contributed by atoms with Gasteiger partial charge in [0.15, 0.2) is 5.75 Å². The average molecular weight is 404 g/mol. The Morgan fingerprint density at radius 2 is 1.76 bits per heavy atom. The van der Waals surface area contributed by atoms with Gasteiger partial charge in [-0.25, -0.2) is 0 Å². The van der Waals surface area contributed by atoms with Crippen LogP contribution in [0.2, 0.25) is 10.0 Å². The van der Waals surface area contributed by atoms with Crippen LogP contribution < -0.4 is 15.4 Å². The summed E-state index contributed by atoms with van der Waals surface area (Å²) in [6.45, 7) is 1.71. The van der Waals surface area contributed by atoms with Gasteiger partial charge in [0.25, 0.3) is 0 Å². The lowest BCUT2D eigenvalue weighted by atomic mass is 10.2. The summed E-state index contributed by atoms with van der Waals surface area (Å²) in [5, 5.41) is 15.8. The number of rotatable bonds is 7. The first kappa shape index (κ1) is 19.7. The second-order valence-corrected chi connectivity index (χ2v) is 6.39. The Hall–Kier alpha value is -1.66. The van der Waals surface area contributed by atoms with Crippen molar-refractivity contribution in [3.05, 3.63) is 46.4 Å². The van der Waals surface area contributed by atoms with E-state index >= 15 is 0 Å². The molecule has 1 atom stereocenters. The van der Waals surface area contributed by atoms with Gasteiger partial charge in [-0.05, 0) is 36.4 Å². The summed E-state index contributed by atoms with van der Waals surface area (Å²) in [6, 6.07) is 10.1. The molecule has 134 valence electrons. The molecule has 2 aromatic rings. The largest absolute Gasteiger partial charge is 0.454 e. The van der Waals surface area contributed by atoms with Crippen LogP contribution in [0.4, 0.5) is 11.4 Å². The maximum atomic E-state index is 11.0. The molecule has 0 heterocycles. The van der Waals surface area contributed by atoms with Crippen LogP contribution in [0.5, 0.6) is 11.5 Å². The second kappa shape index (κ2) is 9.15. The molecule has 2 rings (SSSR count). The summed E-state index contributed by atoms with van der Waals surface area (Å²) in [7, 11) is 0. The number of nitrogens with one attached hydrogen (secondary N) is 2. The number of halogens is 3. The highest BCUT2D eigenvalue weighted by Crippen LogP contribution is 2.39. The number of alkyl halides is 1. The van der Waals surface area contributed by atoms with Gasteiger partial charge in [0.05, 0.1) is 22.0 Å². The molecule has 0 aliphatic rings. The molecule has 0 fully saturated rings. The summed E-state index contributed by atoms with van der Waals surface area (Å²) >= 11 is 18.0. The van der Waals surface area contributed by atoms with Crippen molar-refractivity contribution in [1.82, 2.24) is 0 Å². The monoisotopic (exact) mass is 402 g/mol. The van der Waals surface area contributed by atoms with E-state index in [1.165, 1.54) is 6.92 Å². The number of aliphatic hydroxyl groups excluding tert-OH is 1. The van der Waals surface area contributed by atoms with E-state index < -0.39 is 6.10 Å². The predicted molar refractivity (Wildman–Crippen MR) is 102 cm³/mol. The van der Waals surface area contributed by atoms with Crippen LogP contribution in [-0.4, -0.2) is 29.5 Å². The summed E-state index contributed by atoms with van der Waals surface area (Å²) in [5.41, 5.74) is 1.31. The Labute approximate surface area is 160 Å². The van der Waals surface area contributed by atoms with E-state index in [0.717, 1.165) is 0 Å². The van der Waals surface area contributed by atoms with Crippen molar-refractivity contribution in [2.45, 2.75) is 13.0 Å². The quantitative estimate of drug-likeness (QED) is 0.583. The fraction of sp³-hybridized carbons (Fsp3) is 0.235. The van der Waals surface area contributed by atoms with Gasteiger partial charge in [0.2, 0.25) is 5.91 Å². The molecule has 3 N–H and O–H groups in total. The van der Waals surface area contributed by atoms with Crippen molar-refractivity contribution in [1.29, 1.82) is 0 Å². The molecule has 0 aliphatic heterocycles. The fourth-order valence-corrected chi connectivity index (χ4v) is 2.65. The first-order valence-electron chi connectivity index (χ1n) is 7.41. The van der Waals surface area contributed by atoms with Crippen LogP contribution in [0.25, 0.3) is 0 Å². The number of carbonyl (C=O) groups excluding carboxylic acids is 1. The molecule has 1 amide bonds. The number of benzene rings is 2. The van der Waals surface area contributed by atoms with Gasteiger partial charge in [-0.3, -0.25) is 4.79 Å². The third-order valence-corrected chi connectivity index (χ3v) is 4.03. The summed E-state index contributed by atoms with van der Waals surface area (Å²) in [5.74, 6) is 0.821. The number of anilines is 2. The predicted octanol–water partition coefficient (Wildman–Crippen LogP) is 4.76. The maximum absolute atomic E-state index is 11.0. The summed E-state index contributed by atoms with van der Waals surface area (Å²) < 4.78 is 5.73. The zero-order valence-corrected chi connectivity index (χ0v) is 15.6. The molecule has 0 saturated carbocycles. The topological polar surface area (TPSA) is 70.6 Å². The van der Waals surface area contributed by atoms with Crippen LogP contribution in [0, 0.1) is 0 Å². The van der Waals surface area contributed by atoms with Crippen LogP contribution >= 0.6 is 34.8 Å². The molecule has 5 nitrogen and oxygen atoms in total. The highest BCUT2D eigenvalue weighted by molar-refractivity contribution is 6.37. The minimum absolute atomic E-state index is 0.129. The molecular weight excluding hydrogens is 387 g/mol. The van der Waals surface area contributed by atoms with Gasteiger partial charge in [0.1, 0.15) is 5.75 Å². The van der Waals surface area contributed by atoms with Crippen molar-refractivity contribution < 1.29 is 14.6 Å². The van der Waals surface area contributed by atoms with Gasteiger partial charge in [-0.2, -0.15) is 0 Å². The Kier molecular flexibility index (Phi) is 7.20. The van der Waals surface area contributed by atoms with Crippen LogP contribution in [0.1, 0.15) is 6.92 Å². The van der Waals surface area contributed by atoms with E-state index in [2.05, 4.69) is 10.6 Å². The molecule has 0 saturated heterocycles. The van der Waals surface area contributed by atoms with Crippen molar-refractivity contribution in [3.8, 4) is 11.5 Å². The zero-order chi connectivity index (χ0) is 18.4. The number of ether oxygens (including phenoxy) is 1. The smallest absolute Gasteiger partial charge is 0.221 e. The van der Waals surface area contributed by atoms with E-state index in [1.54, 1.807) is 36.4 Å². The van der Waals surface area contributed by atoms with E-state index in [9.17, 15) is 9.90 Å². The standard InChI is InChI=1S/C17H17Cl3N2O3/c1-10(23)22-11-2-4-14(5-3-11)25-17-15(19)6-12(7-16(17)20)21-9-13(24)8-18/h2-7,13,21,24H,8-9H2,1H3,(H,22,23). The maximum Gasteiger partial charge on any atom is 0.221 e. The third-order valence-electron chi connectivity index (χ3n) is 3.11. The third kappa shape index (κ3) is 5.97. The van der Waals surface area contributed by atoms with Crippen molar-refractivity contribution in [2.24, 2.45) is 0 Å². The van der Waals surface area contributed by atoms with Gasteiger partial charge in [-0.15, -0.1) is 11.6 Å². The number of hydrogen-bond acceptors (Lipinski definition) is 4. The first-order chi connectivity index (χ1) is 11.9. The van der Waals surface area contributed by atoms with Gasteiger partial charge in [-0.1, -0.05) is 23.2 Å². The molecule has 25 heavy (non-hydrogen) atoms. The zero-order valence-electron chi connectivity index (χ0n) is 13.4. The highest BCUT2D eigenvalue weighted by Gasteiger charge is 2.12. The number of amides is 1. The first-order valence-corrected chi connectivity index (χ1v) is 8.70. The second-order valence-electron chi connectivity index (χ2n) is 5.27. The molecule has 0 spiro atoms. The van der Waals surface area contributed by atoms with Crippen molar-refractivity contribution >= 4 is 52.1 Å². The minimum Gasteiger partial charge on any atom is -0.454 e. The molecule has 0 aromatic heterocycles. The number of aliphatic hydroxyl groups is 1. The number of hydrogen-bond donors (Lipinski definition) is 3. The summed E-state index contributed by atoms with van der Waals surface area (Å²) in [6.07, 6.45) is -0.669. The lowest BCUT2D eigenvalue weighted by molar-refractivity contribution is -0.114. The van der Waals surface area contributed by atoms with Crippen LogP contribution in [0.15, 0.2) is 36.4 Å². The minimum atomic E-state index is -0.669. The van der Waals surface area contributed by atoms with E-state index in [4.69, 9.17) is 39.5 Å². The van der Waals surface area contributed by atoms with Crippen molar-refractivity contribution in [3.63, 3.8) is 0 Å². The normalized spacial score (nSPS) is 11.7. The molecule has 0 aliphatic carbocycles. The molecule has 8 heteroatoms. The lowest BCUT2D eigenvalue weighted by Crippen LogP contribution is -2.20. The van der Waals surface area contributed by atoms with E-state index in [0.29, 0.717) is 32.9 Å². The number of carbonyl (C=O) groups is 1. The Morgan fingerprint density at radius 1 is 1.16 bits per heavy atom.